The second-order valence-electron chi connectivity index (χ2n) is 5.66. The van der Waals surface area contributed by atoms with E-state index in [9.17, 15) is 18.0 Å². The number of alkyl halides is 3. The number of pyridine rings is 1. The number of thiophene rings is 1. The lowest BCUT2D eigenvalue weighted by Gasteiger charge is -2.04. The van der Waals surface area contributed by atoms with Crippen LogP contribution < -0.4 is 9.83 Å². The van der Waals surface area contributed by atoms with Crippen LogP contribution in [0.4, 0.5) is 19.0 Å². The van der Waals surface area contributed by atoms with Crippen LogP contribution in [0.25, 0.3) is 16.2 Å². The third-order valence-corrected chi connectivity index (χ3v) is 5.01. The molecule has 0 spiro atoms. The average molecular weight is 425 g/mol. The molecule has 4 aromatic rings. The highest BCUT2D eigenvalue weighted by Gasteiger charge is 2.40. The van der Waals surface area contributed by atoms with E-state index in [1.165, 1.54) is 12.3 Å². The molecule has 0 unspecified atom stereocenters. The molecule has 11 heteroatoms. The molecule has 28 heavy (non-hydrogen) atoms. The second-order valence-corrected chi connectivity index (χ2v) is 7.38. The Kier molecular flexibility index (Phi) is 4.52. The first kappa shape index (κ1) is 18.4. The highest BCUT2D eigenvalue weighted by atomic mass is 35.5. The first-order valence-electron chi connectivity index (χ1n) is 7.82. The van der Waals surface area contributed by atoms with E-state index >= 15 is 0 Å². The van der Waals surface area contributed by atoms with Crippen molar-refractivity contribution in [2.45, 2.75) is 6.18 Å². The molecule has 0 aliphatic rings. The van der Waals surface area contributed by atoms with Gasteiger partial charge < -0.3 is 5.32 Å². The van der Waals surface area contributed by atoms with Crippen molar-refractivity contribution in [3.8, 4) is 10.6 Å². The molecule has 0 saturated heterocycles. The first-order valence-corrected chi connectivity index (χ1v) is 9.02. The zero-order chi connectivity index (χ0) is 19.9. The molecule has 2 N–H and O–H groups in total. The van der Waals surface area contributed by atoms with E-state index in [4.69, 9.17) is 11.6 Å². The molecule has 0 saturated carbocycles. The second kappa shape index (κ2) is 6.88. The van der Waals surface area contributed by atoms with Crippen LogP contribution in [0.15, 0.2) is 48.7 Å². The van der Waals surface area contributed by atoms with Gasteiger partial charge in [-0.3, -0.25) is 4.79 Å². The number of H-pyrrole nitrogens is 1. The van der Waals surface area contributed by atoms with Gasteiger partial charge in [0.05, 0.1) is 15.3 Å². The fourth-order valence-corrected chi connectivity index (χ4v) is 3.55. The highest BCUT2D eigenvalue weighted by molar-refractivity contribution is 7.19. The molecule has 0 aromatic carbocycles. The average Bonchev–Trinajstić information content (AvgIpc) is 3.27. The molecule has 0 atom stereocenters. The van der Waals surface area contributed by atoms with Gasteiger partial charge in [-0.1, -0.05) is 17.7 Å². The Labute approximate surface area is 164 Å². The number of nitrogens with one attached hydrogen (secondary N) is 2. The minimum atomic E-state index is -4.67. The zero-order valence-corrected chi connectivity index (χ0v) is 15.4. The molecular formula is C17H10ClF3N5OS+. The van der Waals surface area contributed by atoms with Crippen LogP contribution >= 0.6 is 22.9 Å². The zero-order valence-electron chi connectivity index (χ0n) is 13.8. The summed E-state index contributed by atoms with van der Waals surface area (Å²) in [4.78, 5) is 21.1. The summed E-state index contributed by atoms with van der Waals surface area (Å²) >= 11 is 6.99. The van der Waals surface area contributed by atoms with Gasteiger partial charge in [-0.05, 0) is 29.2 Å². The van der Waals surface area contributed by atoms with Crippen molar-refractivity contribution in [1.29, 1.82) is 0 Å². The summed E-state index contributed by atoms with van der Waals surface area (Å²) in [5.41, 5.74) is -1.03. The van der Waals surface area contributed by atoms with E-state index in [-0.39, 0.29) is 22.9 Å². The van der Waals surface area contributed by atoms with Gasteiger partial charge in [0.25, 0.3) is 5.91 Å². The highest BCUT2D eigenvalue weighted by Crippen LogP contribution is 2.33. The fourth-order valence-electron chi connectivity index (χ4n) is 2.54. The summed E-state index contributed by atoms with van der Waals surface area (Å²) in [6.45, 7) is 0. The Bertz CT molecular complexity index is 1170. The van der Waals surface area contributed by atoms with Crippen molar-refractivity contribution in [1.82, 2.24) is 15.1 Å². The van der Waals surface area contributed by atoms with Crippen LogP contribution in [0.5, 0.6) is 0 Å². The van der Waals surface area contributed by atoms with E-state index < -0.39 is 17.8 Å². The smallest absolute Gasteiger partial charge is 0.305 e. The van der Waals surface area contributed by atoms with Gasteiger partial charge in [-0.15, -0.1) is 15.9 Å². The fraction of sp³-hybridized carbons (Fsp3) is 0.0588. The van der Waals surface area contributed by atoms with Crippen molar-refractivity contribution in [2.75, 3.05) is 5.32 Å². The number of hydrogen-bond donors (Lipinski definition) is 2. The van der Waals surface area contributed by atoms with Crippen molar-refractivity contribution in [3.63, 3.8) is 0 Å². The minimum Gasteiger partial charge on any atom is -0.305 e. The quantitative estimate of drug-likeness (QED) is 0.484. The number of anilines is 1. The van der Waals surface area contributed by atoms with Crippen molar-refractivity contribution < 1.29 is 22.5 Å². The monoisotopic (exact) mass is 424 g/mol. The summed E-state index contributed by atoms with van der Waals surface area (Å²) in [5.74, 6) is -0.368. The van der Waals surface area contributed by atoms with E-state index in [0.29, 0.717) is 9.21 Å². The van der Waals surface area contributed by atoms with Crippen LogP contribution in [0.3, 0.4) is 0 Å². The van der Waals surface area contributed by atoms with Crippen LogP contribution in [-0.4, -0.2) is 21.0 Å². The third-order valence-electron chi connectivity index (χ3n) is 3.75. The first-order chi connectivity index (χ1) is 13.3. The van der Waals surface area contributed by atoms with Gasteiger partial charge in [-0.2, -0.15) is 13.2 Å². The molecule has 0 bridgehead atoms. The number of nitrogens with zero attached hydrogens (tertiary/aromatic N) is 3. The molecule has 4 rings (SSSR count). The number of carbonyl (C=O) groups is 1. The maximum absolute atomic E-state index is 13.6. The maximum atomic E-state index is 13.6. The molecule has 142 valence electrons. The molecule has 6 nitrogen and oxygen atoms in total. The number of halogens is 4. The van der Waals surface area contributed by atoms with Crippen LogP contribution in [-0.2, 0) is 6.18 Å². The predicted octanol–water partition coefficient (Wildman–Crippen LogP) is 4.20. The number of carbonyl (C=O) groups excluding carboxylic acids is 1. The molecule has 0 radical (unpaired) electrons. The largest absolute Gasteiger partial charge is 0.456 e. The summed E-state index contributed by atoms with van der Waals surface area (Å²) in [7, 11) is 0. The molecule has 4 aromatic heterocycles. The minimum absolute atomic E-state index is 0.0551. The molecule has 1 amide bonds. The molecule has 0 aliphatic heterocycles. The Morgan fingerprint density at radius 3 is 2.68 bits per heavy atom. The Hall–Kier alpha value is -2.98. The SMILES string of the molecule is O=C(Nc1ccccn1)c1cc2nc(-c3ccc(Cl)s3)cc(C(F)(F)F)[n+]2[nH]1. The Balaban J connectivity index is 1.80. The summed E-state index contributed by atoms with van der Waals surface area (Å²) < 4.78 is 41.9. The van der Waals surface area contributed by atoms with Crippen molar-refractivity contribution in [3.05, 3.63) is 64.4 Å². The lowest BCUT2D eigenvalue weighted by molar-refractivity contribution is -0.604. The van der Waals surface area contributed by atoms with E-state index in [2.05, 4.69) is 20.4 Å². The Morgan fingerprint density at radius 1 is 1.21 bits per heavy atom. The number of rotatable bonds is 3. The van der Waals surface area contributed by atoms with E-state index in [1.807, 2.05) is 0 Å². The number of aromatic nitrogens is 4. The van der Waals surface area contributed by atoms with Crippen LogP contribution in [0.2, 0.25) is 4.34 Å². The van der Waals surface area contributed by atoms with Crippen LogP contribution in [0.1, 0.15) is 16.2 Å². The normalized spacial score (nSPS) is 11.7. The lowest BCUT2D eigenvalue weighted by atomic mass is 10.2. The van der Waals surface area contributed by atoms with Gasteiger partial charge in [0.1, 0.15) is 11.5 Å². The third kappa shape index (κ3) is 3.56. The molecular weight excluding hydrogens is 415 g/mol. The Morgan fingerprint density at radius 2 is 2.04 bits per heavy atom. The molecule has 4 heterocycles. The van der Waals surface area contributed by atoms with Gasteiger partial charge in [-0.25, -0.2) is 10.1 Å². The maximum Gasteiger partial charge on any atom is 0.456 e. The summed E-state index contributed by atoms with van der Waals surface area (Å²) in [6, 6.07) is 10.2. The van der Waals surface area contributed by atoms with Crippen molar-refractivity contribution in [2.24, 2.45) is 0 Å². The van der Waals surface area contributed by atoms with Gasteiger partial charge in [0.2, 0.25) is 5.69 Å². The number of aromatic amines is 1. The predicted molar refractivity (Wildman–Crippen MR) is 97.3 cm³/mol. The van der Waals surface area contributed by atoms with Gasteiger partial charge in [0.15, 0.2) is 5.69 Å². The summed E-state index contributed by atoms with van der Waals surface area (Å²) in [6.07, 6.45) is -3.18. The van der Waals surface area contributed by atoms with Crippen LogP contribution in [0, 0.1) is 0 Å². The lowest BCUT2D eigenvalue weighted by Crippen LogP contribution is -2.36. The number of amides is 1. The molecule has 0 aliphatic carbocycles. The van der Waals surface area contributed by atoms with E-state index in [0.717, 1.165) is 21.9 Å². The standard InChI is InChI=1S/C17H9ClF3N5OS/c18-13-5-4-11(28-13)9-7-12(17(19,20)21)26-15(23-9)8-10(25-26)16(27)24-14-3-1-2-6-22-14/h1-8H,(H,22,24,27)/p+1. The molecule has 0 fully saturated rings. The van der Waals surface area contributed by atoms with Crippen molar-refractivity contribution >= 4 is 40.3 Å². The summed E-state index contributed by atoms with van der Waals surface area (Å²) in [5, 5.41) is 4.95. The van der Waals surface area contributed by atoms with E-state index in [1.54, 1.807) is 30.3 Å². The number of hydrogen-bond acceptors (Lipinski definition) is 4. The van der Waals surface area contributed by atoms with Gasteiger partial charge in [0, 0.05) is 12.3 Å². The topological polar surface area (TPSA) is 74.8 Å². The van der Waals surface area contributed by atoms with Gasteiger partial charge >= 0.3 is 11.8 Å². The number of fused-ring (bicyclic) bond motifs is 1.